The van der Waals surface area contributed by atoms with Crippen molar-refractivity contribution in [1.82, 2.24) is 19.9 Å². The quantitative estimate of drug-likeness (QED) is 0.589. The van der Waals surface area contributed by atoms with Crippen LogP contribution in [0.3, 0.4) is 0 Å². The Hall–Kier alpha value is -3.08. The second-order valence-electron chi connectivity index (χ2n) is 6.19. The summed E-state index contributed by atoms with van der Waals surface area (Å²) in [6, 6.07) is 16.1. The zero-order valence-electron chi connectivity index (χ0n) is 14.1. The van der Waals surface area contributed by atoms with Gasteiger partial charge in [-0.2, -0.15) is 0 Å². The summed E-state index contributed by atoms with van der Waals surface area (Å²) in [5.74, 6) is 0.860. The minimum atomic E-state index is 0.00564. The molecule has 2 aromatic carbocycles. The number of benzene rings is 2. The molecule has 0 atom stereocenters. The number of carbonyl (C=O) groups is 1. The summed E-state index contributed by atoms with van der Waals surface area (Å²) < 4.78 is 1.95. The highest BCUT2D eigenvalue weighted by molar-refractivity contribution is 5.83. The highest BCUT2D eigenvalue weighted by atomic mass is 16.1. The molecule has 0 bridgehead atoms. The largest absolute Gasteiger partial charge is 0.361 e. The second-order valence-corrected chi connectivity index (χ2v) is 6.19. The van der Waals surface area contributed by atoms with Crippen molar-refractivity contribution in [2.45, 2.75) is 19.9 Å². The first kappa shape index (κ1) is 15.4. The average Bonchev–Trinajstić information content (AvgIpc) is 3.17. The molecule has 0 saturated heterocycles. The van der Waals surface area contributed by atoms with Gasteiger partial charge in [0.2, 0.25) is 5.91 Å². The van der Waals surface area contributed by atoms with Gasteiger partial charge in [0.05, 0.1) is 11.0 Å². The lowest BCUT2D eigenvalue weighted by Crippen LogP contribution is -2.29. The Balaban J connectivity index is 1.40. The van der Waals surface area contributed by atoms with E-state index < -0.39 is 0 Å². The van der Waals surface area contributed by atoms with Gasteiger partial charge in [0.1, 0.15) is 12.4 Å². The summed E-state index contributed by atoms with van der Waals surface area (Å²) in [5.41, 5.74) is 4.27. The van der Waals surface area contributed by atoms with E-state index in [-0.39, 0.29) is 5.91 Å². The maximum atomic E-state index is 12.3. The smallest absolute Gasteiger partial charge is 0.240 e. The SMILES string of the molecule is Cc1nc2ccccc2n1CC(=O)NCCc1c[nH]c2ccccc12. The fraction of sp³-hybridized carbons (Fsp3) is 0.200. The van der Waals surface area contributed by atoms with Gasteiger partial charge in [0, 0.05) is 23.6 Å². The highest BCUT2D eigenvalue weighted by Crippen LogP contribution is 2.18. The van der Waals surface area contributed by atoms with Crippen LogP contribution in [-0.4, -0.2) is 27.0 Å². The molecule has 0 aliphatic rings. The average molecular weight is 332 g/mol. The van der Waals surface area contributed by atoms with Crippen molar-refractivity contribution in [3.63, 3.8) is 0 Å². The molecular formula is C20H20N4O. The maximum absolute atomic E-state index is 12.3. The number of para-hydroxylation sites is 3. The molecule has 5 heteroatoms. The van der Waals surface area contributed by atoms with Crippen molar-refractivity contribution in [1.29, 1.82) is 0 Å². The molecule has 4 aromatic rings. The predicted octanol–water partition coefficient (Wildman–Crippen LogP) is 3.18. The summed E-state index contributed by atoms with van der Waals surface area (Å²) in [6.07, 6.45) is 2.82. The molecule has 2 heterocycles. The maximum Gasteiger partial charge on any atom is 0.240 e. The molecule has 4 rings (SSSR count). The summed E-state index contributed by atoms with van der Waals surface area (Å²) >= 11 is 0. The molecule has 2 aromatic heterocycles. The Kier molecular flexibility index (Phi) is 3.98. The number of rotatable bonds is 5. The van der Waals surface area contributed by atoms with E-state index in [4.69, 9.17) is 0 Å². The fourth-order valence-electron chi connectivity index (χ4n) is 3.27. The number of aromatic nitrogens is 3. The Bertz CT molecular complexity index is 1040. The van der Waals surface area contributed by atoms with Gasteiger partial charge in [0.25, 0.3) is 0 Å². The molecule has 5 nitrogen and oxygen atoms in total. The van der Waals surface area contributed by atoms with Crippen molar-refractivity contribution < 1.29 is 4.79 Å². The number of amides is 1. The van der Waals surface area contributed by atoms with E-state index in [0.717, 1.165) is 28.8 Å². The molecule has 0 radical (unpaired) electrons. The van der Waals surface area contributed by atoms with Crippen LogP contribution in [0.15, 0.2) is 54.7 Å². The summed E-state index contributed by atoms with van der Waals surface area (Å²) in [6.45, 7) is 2.84. The Labute approximate surface area is 145 Å². The lowest BCUT2D eigenvalue weighted by molar-refractivity contribution is -0.121. The van der Waals surface area contributed by atoms with Gasteiger partial charge >= 0.3 is 0 Å². The molecule has 0 aliphatic heterocycles. The van der Waals surface area contributed by atoms with Crippen molar-refractivity contribution in [2.24, 2.45) is 0 Å². The number of hydrogen-bond acceptors (Lipinski definition) is 2. The van der Waals surface area contributed by atoms with E-state index in [1.54, 1.807) is 0 Å². The third kappa shape index (κ3) is 3.01. The molecule has 25 heavy (non-hydrogen) atoms. The van der Waals surface area contributed by atoms with E-state index in [9.17, 15) is 4.79 Å². The topological polar surface area (TPSA) is 62.7 Å². The first-order chi connectivity index (χ1) is 12.2. The van der Waals surface area contributed by atoms with Crippen LogP contribution in [-0.2, 0) is 17.8 Å². The normalized spacial score (nSPS) is 11.2. The standard InChI is InChI=1S/C20H20N4O/c1-14-23-18-8-4-5-9-19(18)24(14)13-20(25)21-11-10-15-12-22-17-7-3-2-6-16(15)17/h2-9,12,22H,10-11,13H2,1H3,(H,21,25). The third-order valence-electron chi connectivity index (χ3n) is 4.54. The first-order valence-corrected chi connectivity index (χ1v) is 8.46. The van der Waals surface area contributed by atoms with Crippen molar-refractivity contribution in [3.05, 3.63) is 66.1 Å². The van der Waals surface area contributed by atoms with Crippen LogP contribution in [0.2, 0.25) is 0 Å². The number of aromatic amines is 1. The fourth-order valence-corrected chi connectivity index (χ4v) is 3.27. The zero-order valence-corrected chi connectivity index (χ0v) is 14.1. The van der Waals surface area contributed by atoms with Crippen LogP contribution >= 0.6 is 0 Å². The van der Waals surface area contributed by atoms with Gasteiger partial charge in [-0.25, -0.2) is 4.98 Å². The predicted molar refractivity (Wildman–Crippen MR) is 99.5 cm³/mol. The van der Waals surface area contributed by atoms with Crippen LogP contribution < -0.4 is 5.32 Å². The number of fused-ring (bicyclic) bond motifs is 2. The van der Waals surface area contributed by atoms with Crippen LogP contribution in [0.25, 0.3) is 21.9 Å². The molecule has 0 aliphatic carbocycles. The van der Waals surface area contributed by atoms with E-state index >= 15 is 0 Å². The number of nitrogens with one attached hydrogen (secondary N) is 2. The molecule has 126 valence electrons. The molecule has 1 amide bonds. The monoisotopic (exact) mass is 332 g/mol. The molecule has 0 spiro atoms. The van der Waals surface area contributed by atoms with Crippen LogP contribution in [0, 0.1) is 6.92 Å². The van der Waals surface area contributed by atoms with Gasteiger partial charge in [-0.1, -0.05) is 30.3 Å². The van der Waals surface area contributed by atoms with Gasteiger partial charge in [-0.15, -0.1) is 0 Å². The van der Waals surface area contributed by atoms with E-state index in [2.05, 4.69) is 27.4 Å². The Morgan fingerprint density at radius 1 is 1.16 bits per heavy atom. The van der Waals surface area contributed by atoms with Crippen molar-refractivity contribution >= 4 is 27.8 Å². The molecule has 0 unspecified atom stereocenters. The van der Waals surface area contributed by atoms with Gasteiger partial charge in [-0.3, -0.25) is 4.79 Å². The van der Waals surface area contributed by atoms with Gasteiger partial charge < -0.3 is 14.9 Å². The Morgan fingerprint density at radius 2 is 1.96 bits per heavy atom. The van der Waals surface area contributed by atoms with Crippen molar-refractivity contribution in [2.75, 3.05) is 6.54 Å². The lowest BCUT2D eigenvalue weighted by atomic mass is 10.1. The zero-order chi connectivity index (χ0) is 17.2. The summed E-state index contributed by atoms with van der Waals surface area (Å²) in [7, 11) is 0. The number of imidazole rings is 1. The van der Waals surface area contributed by atoms with E-state index in [1.807, 2.05) is 54.1 Å². The van der Waals surface area contributed by atoms with E-state index in [1.165, 1.54) is 10.9 Å². The van der Waals surface area contributed by atoms with E-state index in [0.29, 0.717) is 13.1 Å². The van der Waals surface area contributed by atoms with Gasteiger partial charge in [-0.05, 0) is 37.1 Å². The minimum Gasteiger partial charge on any atom is -0.361 e. The second kappa shape index (κ2) is 6.43. The summed E-state index contributed by atoms with van der Waals surface area (Å²) in [5, 5.41) is 4.23. The van der Waals surface area contributed by atoms with Crippen molar-refractivity contribution in [3.8, 4) is 0 Å². The molecule has 2 N–H and O–H groups in total. The highest BCUT2D eigenvalue weighted by Gasteiger charge is 2.10. The number of nitrogens with zero attached hydrogens (tertiary/aromatic N) is 2. The number of carbonyl (C=O) groups excluding carboxylic acids is 1. The summed E-state index contributed by atoms with van der Waals surface area (Å²) in [4.78, 5) is 20.1. The van der Waals surface area contributed by atoms with Crippen LogP contribution in [0.1, 0.15) is 11.4 Å². The molecular weight excluding hydrogens is 312 g/mol. The van der Waals surface area contributed by atoms with Gasteiger partial charge in [0.15, 0.2) is 0 Å². The van der Waals surface area contributed by atoms with Crippen LogP contribution in [0.4, 0.5) is 0 Å². The van der Waals surface area contributed by atoms with Crippen LogP contribution in [0.5, 0.6) is 0 Å². The molecule has 0 fully saturated rings. The Morgan fingerprint density at radius 3 is 2.88 bits per heavy atom. The number of aryl methyl sites for hydroxylation is 1. The number of hydrogen-bond donors (Lipinski definition) is 2. The molecule has 0 saturated carbocycles. The number of H-pyrrole nitrogens is 1. The minimum absolute atomic E-state index is 0.00564. The third-order valence-corrected chi connectivity index (χ3v) is 4.54. The lowest BCUT2D eigenvalue weighted by Gasteiger charge is -2.08. The first-order valence-electron chi connectivity index (χ1n) is 8.46.